The van der Waals surface area contributed by atoms with Gasteiger partial charge in [-0.05, 0) is 35.4 Å². The summed E-state index contributed by atoms with van der Waals surface area (Å²) in [5.41, 5.74) is 4.78. The summed E-state index contributed by atoms with van der Waals surface area (Å²) < 4.78 is 0. The zero-order valence-corrected chi connectivity index (χ0v) is 13.9. The minimum atomic E-state index is 0.644. The Hall–Kier alpha value is -3.66. The molecule has 3 aromatic rings. The predicted molar refractivity (Wildman–Crippen MR) is 105 cm³/mol. The van der Waals surface area contributed by atoms with Gasteiger partial charge in [0.05, 0.1) is 11.4 Å². The van der Waals surface area contributed by atoms with Crippen molar-refractivity contribution < 1.29 is 9.59 Å². The minimum absolute atomic E-state index is 0.644. The Morgan fingerprint density at radius 3 is 1.08 bits per heavy atom. The maximum atomic E-state index is 10.6. The van der Waals surface area contributed by atoms with Crippen LogP contribution >= 0.6 is 0 Å². The molecule has 0 aliphatic carbocycles. The first-order chi connectivity index (χ1) is 12.8. The lowest BCUT2D eigenvalue weighted by molar-refractivity contribution is 0.111. The molecular weight excluding hydrogens is 324 g/mol. The lowest BCUT2D eigenvalue weighted by atomic mass is 10.1. The quantitative estimate of drug-likeness (QED) is 0.477. The molecule has 0 aliphatic rings. The van der Waals surface area contributed by atoms with Crippen LogP contribution in [0.3, 0.4) is 0 Å². The molecular formula is C22H16N2O2. The van der Waals surface area contributed by atoms with Crippen molar-refractivity contribution in [2.45, 2.75) is 0 Å². The van der Waals surface area contributed by atoms with Crippen molar-refractivity contribution >= 4 is 36.4 Å². The van der Waals surface area contributed by atoms with Gasteiger partial charge >= 0.3 is 0 Å². The fourth-order valence-corrected chi connectivity index (χ4v) is 2.24. The van der Waals surface area contributed by atoms with Crippen LogP contribution in [-0.2, 0) is 0 Å². The normalized spacial score (nSPS) is 11.1. The fourth-order valence-electron chi connectivity index (χ4n) is 2.24. The largest absolute Gasteiger partial charge is 0.298 e. The molecule has 3 rings (SSSR count). The smallest absolute Gasteiger partial charge is 0.150 e. The molecule has 0 bridgehead atoms. The van der Waals surface area contributed by atoms with Crippen LogP contribution in [0.25, 0.3) is 0 Å². The zero-order chi connectivity index (χ0) is 18.2. The second kappa shape index (κ2) is 8.44. The highest BCUT2D eigenvalue weighted by atomic mass is 16.1. The molecule has 0 spiro atoms. The van der Waals surface area contributed by atoms with E-state index in [-0.39, 0.29) is 0 Å². The number of hydrogen-bond acceptors (Lipinski definition) is 4. The molecule has 0 saturated carbocycles. The van der Waals surface area contributed by atoms with E-state index in [1.165, 1.54) is 0 Å². The van der Waals surface area contributed by atoms with E-state index < -0.39 is 0 Å². The van der Waals surface area contributed by atoms with E-state index in [9.17, 15) is 9.59 Å². The summed E-state index contributed by atoms with van der Waals surface area (Å²) in [5, 5.41) is 0. The van der Waals surface area contributed by atoms with Crippen LogP contribution in [0.4, 0.5) is 11.4 Å². The van der Waals surface area contributed by atoms with Gasteiger partial charge in [0.2, 0.25) is 0 Å². The molecule has 0 atom stereocenters. The average Bonchev–Trinajstić information content (AvgIpc) is 2.72. The van der Waals surface area contributed by atoms with Crippen molar-refractivity contribution in [2.24, 2.45) is 9.98 Å². The molecule has 0 amide bonds. The molecule has 4 heteroatoms. The van der Waals surface area contributed by atoms with Crippen LogP contribution in [0, 0.1) is 0 Å². The SMILES string of the molecule is O=Cc1ccc(C=Nc2ccc(N=Cc3ccc(C=O)cc3)cc2)cc1. The van der Waals surface area contributed by atoms with Crippen molar-refractivity contribution in [3.05, 3.63) is 95.1 Å². The Morgan fingerprint density at radius 2 is 0.769 bits per heavy atom. The van der Waals surface area contributed by atoms with Crippen LogP contribution < -0.4 is 0 Å². The van der Waals surface area contributed by atoms with Crippen molar-refractivity contribution in [3.63, 3.8) is 0 Å². The van der Waals surface area contributed by atoms with Crippen molar-refractivity contribution in [2.75, 3.05) is 0 Å². The van der Waals surface area contributed by atoms with Gasteiger partial charge in [-0.15, -0.1) is 0 Å². The van der Waals surface area contributed by atoms with Crippen LogP contribution in [0.1, 0.15) is 31.8 Å². The third-order valence-corrected chi connectivity index (χ3v) is 3.72. The van der Waals surface area contributed by atoms with Crippen LogP contribution in [0.2, 0.25) is 0 Å². The second-order valence-electron chi connectivity index (χ2n) is 5.60. The van der Waals surface area contributed by atoms with E-state index in [1.54, 1.807) is 36.7 Å². The van der Waals surface area contributed by atoms with Crippen molar-refractivity contribution in [3.8, 4) is 0 Å². The molecule has 0 radical (unpaired) electrons. The van der Waals surface area contributed by atoms with Crippen molar-refractivity contribution in [1.29, 1.82) is 0 Å². The third-order valence-electron chi connectivity index (χ3n) is 3.72. The maximum absolute atomic E-state index is 10.6. The third kappa shape index (κ3) is 4.68. The second-order valence-corrected chi connectivity index (χ2v) is 5.60. The standard InChI is InChI=1S/C22H16N2O2/c25-15-19-5-1-17(2-6-19)13-23-21-9-11-22(12-10-21)24-14-18-3-7-20(16-26)8-4-18/h1-16H. The number of nitrogens with zero attached hydrogens (tertiary/aromatic N) is 2. The number of rotatable bonds is 6. The summed E-state index contributed by atoms with van der Waals surface area (Å²) in [6.07, 6.45) is 5.14. The molecule has 26 heavy (non-hydrogen) atoms. The van der Waals surface area contributed by atoms with Gasteiger partial charge < -0.3 is 0 Å². The lowest BCUT2D eigenvalue weighted by Crippen LogP contribution is -1.83. The molecule has 0 saturated heterocycles. The highest BCUT2D eigenvalue weighted by molar-refractivity contribution is 5.85. The Bertz CT molecular complexity index is 858. The minimum Gasteiger partial charge on any atom is -0.298 e. The number of aliphatic imine (C=N–C) groups is 2. The number of benzene rings is 3. The Labute approximate surface area is 151 Å². The number of carbonyl (C=O) groups excluding carboxylic acids is 2. The number of carbonyl (C=O) groups is 2. The first-order valence-electron chi connectivity index (χ1n) is 8.05. The maximum Gasteiger partial charge on any atom is 0.150 e. The van der Waals surface area contributed by atoms with Gasteiger partial charge in [-0.3, -0.25) is 19.6 Å². The van der Waals surface area contributed by atoms with Crippen LogP contribution in [0.5, 0.6) is 0 Å². The van der Waals surface area contributed by atoms with Gasteiger partial charge in [0.15, 0.2) is 0 Å². The molecule has 0 unspecified atom stereocenters. The Balaban J connectivity index is 1.65. The van der Waals surface area contributed by atoms with Crippen LogP contribution in [-0.4, -0.2) is 25.0 Å². The summed E-state index contributed by atoms with van der Waals surface area (Å²) in [6.45, 7) is 0. The van der Waals surface area contributed by atoms with E-state index in [0.717, 1.165) is 35.1 Å². The summed E-state index contributed by atoms with van der Waals surface area (Å²) in [5.74, 6) is 0. The van der Waals surface area contributed by atoms with E-state index in [1.807, 2.05) is 48.5 Å². The molecule has 0 N–H and O–H groups in total. The first kappa shape index (κ1) is 17.2. The van der Waals surface area contributed by atoms with Gasteiger partial charge in [-0.2, -0.15) is 0 Å². The fraction of sp³-hybridized carbons (Fsp3) is 0. The molecule has 0 aliphatic heterocycles. The summed E-state index contributed by atoms with van der Waals surface area (Å²) in [4.78, 5) is 30.1. The Kier molecular flexibility index (Phi) is 5.58. The van der Waals surface area contributed by atoms with Gasteiger partial charge in [0.25, 0.3) is 0 Å². The number of hydrogen-bond donors (Lipinski definition) is 0. The van der Waals surface area contributed by atoms with Gasteiger partial charge in [0, 0.05) is 23.6 Å². The van der Waals surface area contributed by atoms with E-state index >= 15 is 0 Å². The average molecular weight is 340 g/mol. The van der Waals surface area contributed by atoms with Crippen molar-refractivity contribution in [1.82, 2.24) is 0 Å². The Morgan fingerprint density at radius 1 is 0.462 bits per heavy atom. The predicted octanol–water partition coefficient (Wildman–Crippen LogP) is 4.81. The van der Waals surface area contributed by atoms with Gasteiger partial charge in [-0.1, -0.05) is 48.5 Å². The van der Waals surface area contributed by atoms with E-state index in [0.29, 0.717) is 11.1 Å². The zero-order valence-electron chi connectivity index (χ0n) is 13.9. The molecule has 4 nitrogen and oxygen atoms in total. The molecule has 0 aromatic heterocycles. The topological polar surface area (TPSA) is 58.9 Å². The summed E-state index contributed by atoms with van der Waals surface area (Å²) in [7, 11) is 0. The van der Waals surface area contributed by atoms with Crippen LogP contribution in [0.15, 0.2) is 82.8 Å². The first-order valence-corrected chi connectivity index (χ1v) is 8.05. The molecule has 3 aromatic carbocycles. The number of aldehydes is 2. The molecule has 0 heterocycles. The summed E-state index contributed by atoms with van der Waals surface area (Å²) >= 11 is 0. The van der Waals surface area contributed by atoms with E-state index in [4.69, 9.17) is 0 Å². The summed E-state index contributed by atoms with van der Waals surface area (Å²) in [6, 6.07) is 22.0. The molecule has 126 valence electrons. The van der Waals surface area contributed by atoms with E-state index in [2.05, 4.69) is 9.98 Å². The molecule has 0 fully saturated rings. The lowest BCUT2D eigenvalue weighted by Gasteiger charge is -1.97. The van der Waals surface area contributed by atoms with Gasteiger partial charge in [0.1, 0.15) is 12.6 Å². The monoisotopic (exact) mass is 340 g/mol. The highest BCUT2D eigenvalue weighted by Gasteiger charge is 1.94. The van der Waals surface area contributed by atoms with Gasteiger partial charge in [-0.25, -0.2) is 0 Å². The highest BCUT2D eigenvalue weighted by Crippen LogP contribution is 2.18.